The largest absolute Gasteiger partial charge is 0.370 e. The van der Waals surface area contributed by atoms with Crippen molar-refractivity contribution in [3.8, 4) is 12.3 Å². The molecule has 0 saturated carbocycles. The quantitative estimate of drug-likeness (QED) is 0.847. The zero-order valence-corrected chi connectivity index (χ0v) is 12.2. The second-order valence-corrected chi connectivity index (χ2v) is 5.17. The lowest BCUT2D eigenvalue weighted by atomic mass is 10.1. The average molecular weight is 329 g/mol. The number of rotatable bonds is 4. The number of halogens is 1. The van der Waals surface area contributed by atoms with Gasteiger partial charge in [-0.1, -0.05) is 40.0 Å². The summed E-state index contributed by atoms with van der Waals surface area (Å²) in [6.45, 7) is 0. The van der Waals surface area contributed by atoms with Gasteiger partial charge in [-0.2, -0.15) is 0 Å². The summed E-state index contributed by atoms with van der Waals surface area (Å²) in [4.78, 5) is 11.7. The van der Waals surface area contributed by atoms with Crippen LogP contribution < -0.4 is 11.1 Å². The molecule has 20 heavy (non-hydrogen) atoms. The molecular weight excluding hydrogens is 316 g/mol. The summed E-state index contributed by atoms with van der Waals surface area (Å²) in [5.41, 5.74) is 7.77. The van der Waals surface area contributed by atoms with Gasteiger partial charge in [-0.15, -0.1) is 6.42 Å². The molecule has 0 heterocycles. The highest BCUT2D eigenvalue weighted by Crippen LogP contribution is 2.22. The summed E-state index contributed by atoms with van der Waals surface area (Å²) in [5, 5.41) is 3.10. The van der Waals surface area contributed by atoms with Crippen LogP contribution in [-0.4, -0.2) is 5.91 Å². The third-order valence-electron chi connectivity index (χ3n) is 2.83. The topological polar surface area (TPSA) is 55.1 Å². The minimum atomic E-state index is -0.601. The van der Waals surface area contributed by atoms with Crippen LogP contribution in [0.4, 0.5) is 5.69 Å². The SMILES string of the molecule is C#Cc1cccc(NC(C(N)=O)c2ccc(Br)cc2)c1. The molecule has 4 heteroatoms. The summed E-state index contributed by atoms with van der Waals surface area (Å²) >= 11 is 3.36. The number of primary amides is 1. The molecule has 2 aromatic carbocycles. The number of benzene rings is 2. The molecule has 0 aliphatic carbocycles. The van der Waals surface area contributed by atoms with Crippen molar-refractivity contribution in [1.82, 2.24) is 0 Å². The normalized spacial score (nSPS) is 11.4. The van der Waals surface area contributed by atoms with Gasteiger partial charge in [-0.05, 0) is 35.9 Å². The molecule has 1 atom stereocenters. The fraction of sp³-hybridized carbons (Fsp3) is 0.0625. The first kappa shape index (κ1) is 14.2. The number of terminal acetylenes is 1. The molecule has 0 bridgehead atoms. The van der Waals surface area contributed by atoms with E-state index in [4.69, 9.17) is 12.2 Å². The highest BCUT2D eigenvalue weighted by Gasteiger charge is 2.17. The molecule has 0 spiro atoms. The molecule has 0 fully saturated rings. The van der Waals surface area contributed by atoms with Crippen LogP contribution in [-0.2, 0) is 4.79 Å². The van der Waals surface area contributed by atoms with Crippen LogP contribution in [0.15, 0.2) is 53.0 Å². The maximum absolute atomic E-state index is 11.7. The Morgan fingerprint density at radius 3 is 2.55 bits per heavy atom. The molecular formula is C16H13BrN2O. The van der Waals surface area contributed by atoms with Gasteiger partial charge in [0.25, 0.3) is 0 Å². The molecule has 3 nitrogen and oxygen atoms in total. The molecule has 2 aromatic rings. The van der Waals surface area contributed by atoms with Gasteiger partial charge in [0.2, 0.25) is 5.91 Å². The Balaban J connectivity index is 2.28. The Kier molecular flexibility index (Phi) is 4.44. The van der Waals surface area contributed by atoms with Gasteiger partial charge in [-0.25, -0.2) is 0 Å². The van der Waals surface area contributed by atoms with Crippen molar-refractivity contribution in [2.45, 2.75) is 6.04 Å². The highest BCUT2D eigenvalue weighted by atomic mass is 79.9. The molecule has 0 radical (unpaired) electrons. The van der Waals surface area contributed by atoms with E-state index in [0.29, 0.717) is 0 Å². The number of amides is 1. The summed E-state index contributed by atoms with van der Waals surface area (Å²) in [6, 6.07) is 14.1. The van der Waals surface area contributed by atoms with Crippen molar-refractivity contribution in [1.29, 1.82) is 0 Å². The van der Waals surface area contributed by atoms with E-state index < -0.39 is 11.9 Å². The number of hydrogen-bond donors (Lipinski definition) is 2. The van der Waals surface area contributed by atoms with Crippen LogP contribution >= 0.6 is 15.9 Å². The van der Waals surface area contributed by atoms with Crippen molar-refractivity contribution in [2.24, 2.45) is 5.73 Å². The predicted octanol–water partition coefficient (Wildman–Crippen LogP) is 3.07. The van der Waals surface area contributed by atoms with Crippen molar-refractivity contribution < 1.29 is 4.79 Å². The van der Waals surface area contributed by atoms with Crippen molar-refractivity contribution in [3.05, 3.63) is 64.1 Å². The van der Waals surface area contributed by atoms with E-state index in [1.165, 1.54) is 0 Å². The molecule has 0 aliphatic rings. The highest BCUT2D eigenvalue weighted by molar-refractivity contribution is 9.10. The summed E-state index contributed by atoms with van der Waals surface area (Å²) in [6.07, 6.45) is 5.36. The fourth-order valence-electron chi connectivity index (χ4n) is 1.84. The lowest BCUT2D eigenvalue weighted by Gasteiger charge is -2.17. The first-order chi connectivity index (χ1) is 9.60. The van der Waals surface area contributed by atoms with Crippen molar-refractivity contribution in [2.75, 3.05) is 5.32 Å². The van der Waals surface area contributed by atoms with E-state index in [2.05, 4.69) is 27.2 Å². The van der Waals surface area contributed by atoms with Gasteiger partial charge in [0.05, 0.1) is 0 Å². The van der Waals surface area contributed by atoms with E-state index in [-0.39, 0.29) is 0 Å². The number of carbonyl (C=O) groups excluding carboxylic acids is 1. The number of anilines is 1. The molecule has 2 rings (SSSR count). The lowest BCUT2D eigenvalue weighted by molar-refractivity contribution is -0.118. The second-order valence-electron chi connectivity index (χ2n) is 4.26. The number of nitrogens with two attached hydrogens (primary N) is 1. The van der Waals surface area contributed by atoms with Gasteiger partial charge >= 0.3 is 0 Å². The molecule has 1 amide bonds. The van der Waals surface area contributed by atoms with E-state index in [9.17, 15) is 4.79 Å². The van der Waals surface area contributed by atoms with Crippen molar-refractivity contribution >= 4 is 27.5 Å². The average Bonchev–Trinajstić information content (AvgIpc) is 2.46. The molecule has 100 valence electrons. The van der Waals surface area contributed by atoms with Crippen molar-refractivity contribution in [3.63, 3.8) is 0 Å². The number of nitrogens with one attached hydrogen (secondary N) is 1. The molecule has 1 unspecified atom stereocenters. The smallest absolute Gasteiger partial charge is 0.244 e. The number of carbonyl (C=O) groups is 1. The Hall–Kier alpha value is -2.25. The van der Waals surface area contributed by atoms with Crippen LogP contribution in [0.3, 0.4) is 0 Å². The Morgan fingerprint density at radius 1 is 1.25 bits per heavy atom. The van der Waals surface area contributed by atoms with Crippen LogP contribution in [0.2, 0.25) is 0 Å². The van der Waals surface area contributed by atoms with E-state index in [1.54, 1.807) is 6.07 Å². The van der Waals surface area contributed by atoms with Gasteiger partial charge < -0.3 is 11.1 Å². The molecule has 0 aliphatic heterocycles. The van der Waals surface area contributed by atoms with E-state index in [0.717, 1.165) is 21.3 Å². The molecule has 0 saturated heterocycles. The summed E-state index contributed by atoms with van der Waals surface area (Å²) < 4.78 is 0.943. The lowest BCUT2D eigenvalue weighted by Crippen LogP contribution is -2.27. The van der Waals surface area contributed by atoms with Crippen LogP contribution in [0.1, 0.15) is 17.2 Å². The third kappa shape index (κ3) is 3.40. The predicted molar refractivity (Wildman–Crippen MR) is 84.1 cm³/mol. The Labute approximate surface area is 126 Å². The minimum absolute atomic E-state index is 0.446. The fourth-order valence-corrected chi connectivity index (χ4v) is 2.10. The zero-order chi connectivity index (χ0) is 14.5. The Bertz CT molecular complexity index is 659. The van der Waals surface area contributed by atoms with Gasteiger partial charge in [0.15, 0.2) is 0 Å². The van der Waals surface area contributed by atoms with Crippen LogP contribution in [0, 0.1) is 12.3 Å². The Morgan fingerprint density at radius 2 is 1.95 bits per heavy atom. The van der Waals surface area contributed by atoms with E-state index >= 15 is 0 Å². The second kappa shape index (κ2) is 6.27. The molecule has 0 aromatic heterocycles. The first-order valence-electron chi connectivity index (χ1n) is 5.98. The maximum Gasteiger partial charge on any atom is 0.244 e. The van der Waals surface area contributed by atoms with E-state index in [1.807, 2.05) is 42.5 Å². The summed E-state index contributed by atoms with van der Waals surface area (Å²) in [7, 11) is 0. The maximum atomic E-state index is 11.7. The third-order valence-corrected chi connectivity index (χ3v) is 3.36. The van der Waals surface area contributed by atoms with Crippen LogP contribution in [0.5, 0.6) is 0 Å². The monoisotopic (exact) mass is 328 g/mol. The summed E-state index contributed by atoms with van der Waals surface area (Å²) in [5.74, 6) is 2.11. The standard InChI is InChI=1S/C16H13BrN2O/c1-2-11-4-3-5-14(10-11)19-15(16(18)20)12-6-8-13(17)9-7-12/h1,3-10,15,19H,(H2,18,20). The minimum Gasteiger partial charge on any atom is -0.370 e. The number of hydrogen-bond acceptors (Lipinski definition) is 2. The van der Waals surface area contributed by atoms with Crippen LogP contribution in [0.25, 0.3) is 0 Å². The zero-order valence-electron chi connectivity index (χ0n) is 10.6. The van der Waals surface area contributed by atoms with Gasteiger partial charge in [0, 0.05) is 15.7 Å². The van der Waals surface area contributed by atoms with Gasteiger partial charge in [-0.3, -0.25) is 4.79 Å². The molecule has 3 N–H and O–H groups in total. The first-order valence-corrected chi connectivity index (χ1v) is 6.77. The van der Waals surface area contributed by atoms with Gasteiger partial charge in [0.1, 0.15) is 6.04 Å².